The number of ether oxygens (including phenoxy) is 1. The molecule has 0 heterocycles. The molecule has 3 nitrogen and oxygen atoms in total. The Bertz CT molecular complexity index is 652. The van der Waals surface area contributed by atoms with Crippen molar-refractivity contribution in [2.75, 3.05) is 25.1 Å². The van der Waals surface area contributed by atoms with E-state index in [2.05, 4.69) is 17.4 Å². The maximum absolute atomic E-state index is 5.79. The van der Waals surface area contributed by atoms with Crippen molar-refractivity contribution in [3.8, 4) is 0 Å². The molecule has 3 N–H and O–H groups in total. The lowest BCUT2D eigenvalue weighted by atomic mass is 10.0. The van der Waals surface area contributed by atoms with Gasteiger partial charge in [0.2, 0.25) is 0 Å². The van der Waals surface area contributed by atoms with E-state index in [1.165, 1.54) is 12.8 Å². The fourth-order valence-corrected chi connectivity index (χ4v) is 2.64. The van der Waals surface area contributed by atoms with Crippen LogP contribution in [0.1, 0.15) is 18.4 Å². The van der Waals surface area contributed by atoms with E-state index in [0.29, 0.717) is 4.99 Å². The van der Waals surface area contributed by atoms with E-state index in [4.69, 9.17) is 22.7 Å². The summed E-state index contributed by atoms with van der Waals surface area (Å²) in [6.45, 7) is 2.45. The minimum atomic E-state index is 0.436. The van der Waals surface area contributed by atoms with E-state index in [-0.39, 0.29) is 0 Å². The zero-order valence-electron chi connectivity index (χ0n) is 12.0. The third-order valence-corrected chi connectivity index (χ3v) is 4.02. The number of hydrogen-bond acceptors (Lipinski definition) is 3. The minimum Gasteiger partial charge on any atom is -0.389 e. The predicted octanol–water partition coefficient (Wildman–Crippen LogP) is 3.31. The molecule has 0 unspecified atom stereocenters. The zero-order valence-corrected chi connectivity index (χ0v) is 12.8. The van der Waals surface area contributed by atoms with Crippen molar-refractivity contribution in [2.45, 2.75) is 12.8 Å². The molecule has 0 radical (unpaired) electrons. The van der Waals surface area contributed by atoms with Crippen LogP contribution in [-0.4, -0.2) is 24.7 Å². The molecular weight excluding hydrogens is 280 g/mol. The molecular formula is C17H20N2OS. The summed E-state index contributed by atoms with van der Waals surface area (Å²) in [5.74, 6) is 0.815. The first-order valence-electron chi connectivity index (χ1n) is 7.39. The van der Waals surface area contributed by atoms with Crippen LogP contribution in [0.4, 0.5) is 5.69 Å². The van der Waals surface area contributed by atoms with Gasteiger partial charge in [0.25, 0.3) is 0 Å². The van der Waals surface area contributed by atoms with E-state index < -0.39 is 0 Å². The van der Waals surface area contributed by atoms with E-state index in [0.717, 1.165) is 47.7 Å². The second-order valence-electron chi connectivity index (χ2n) is 5.52. The van der Waals surface area contributed by atoms with E-state index in [9.17, 15) is 0 Å². The monoisotopic (exact) mass is 300 g/mol. The molecule has 0 aliphatic heterocycles. The van der Waals surface area contributed by atoms with Crippen LogP contribution >= 0.6 is 12.2 Å². The van der Waals surface area contributed by atoms with Gasteiger partial charge in [-0.05, 0) is 36.3 Å². The Morgan fingerprint density at radius 1 is 1.19 bits per heavy atom. The van der Waals surface area contributed by atoms with Gasteiger partial charge in [0.15, 0.2) is 0 Å². The van der Waals surface area contributed by atoms with Crippen molar-refractivity contribution in [2.24, 2.45) is 11.7 Å². The summed E-state index contributed by atoms with van der Waals surface area (Å²) < 4.78 is 5.65. The maximum atomic E-state index is 5.79. The van der Waals surface area contributed by atoms with Crippen LogP contribution in [0.25, 0.3) is 10.8 Å². The summed E-state index contributed by atoms with van der Waals surface area (Å²) in [6, 6.07) is 12.2. The van der Waals surface area contributed by atoms with Crippen LogP contribution in [0.15, 0.2) is 36.4 Å². The Hall–Kier alpha value is -1.65. The zero-order chi connectivity index (χ0) is 14.7. The van der Waals surface area contributed by atoms with Crippen molar-refractivity contribution < 1.29 is 4.74 Å². The quantitative estimate of drug-likeness (QED) is 0.608. The van der Waals surface area contributed by atoms with Crippen LogP contribution in [-0.2, 0) is 4.74 Å². The number of nitrogens with two attached hydrogens (primary N) is 1. The standard InChI is InChI=1S/C17H20N2OS/c18-17(21)15-7-8-16(14-4-2-1-3-13(14)15)19-9-10-20-11-12-5-6-12/h1-4,7-8,12,19H,5-6,9-11H2,(H2,18,21). The lowest BCUT2D eigenvalue weighted by Gasteiger charge is -2.12. The molecule has 110 valence electrons. The Labute approximate surface area is 130 Å². The van der Waals surface area contributed by atoms with Crippen molar-refractivity contribution in [1.29, 1.82) is 0 Å². The van der Waals surface area contributed by atoms with Gasteiger partial charge >= 0.3 is 0 Å². The van der Waals surface area contributed by atoms with Crippen molar-refractivity contribution in [1.82, 2.24) is 0 Å². The maximum Gasteiger partial charge on any atom is 0.104 e. The molecule has 0 spiro atoms. The minimum absolute atomic E-state index is 0.436. The molecule has 1 fully saturated rings. The second-order valence-corrected chi connectivity index (χ2v) is 5.96. The first-order valence-corrected chi connectivity index (χ1v) is 7.79. The van der Waals surface area contributed by atoms with E-state index >= 15 is 0 Å². The number of fused-ring (bicyclic) bond motifs is 1. The topological polar surface area (TPSA) is 47.3 Å². The van der Waals surface area contributed by atoms with Gasteiger partial charge in [0, 0.05) is 29.8 Å². The molecule has 21 heavy (non-hydrogen) atoms. The fraction of sp³-hybridized carbons (Fsp3) is 0.353. The predicted molar refractivity (Wildman–Crippen MR) is 91.9 cm³/mol. The fourth-order valence-electron chi connectivity index (χ4n) is 2.46. The van der Waals surface area contributed by atoms with Crippen LogP contribution in [0.3, 0.4) is 0 Å². The summed E-state index contributed by atoms with van der Waals surface area (Å²) in [4.78, 5) is 0.436. The number of thiocarbonyl (C=S) groups is 1. The lowest BCUT2D eigenvalue weighted by molar-refractivity contribution is 0.134. The SMILES string of the molecule is NC(=S)c1ccc(NCCOCC2CC2)c2ccccc12. The molecule has 1 aliphatic rings. The van der Waals surface area contributed by atoms with Gasteiger partial charge in [-0.25, -0.2) is 0 Å². The van der Waals surface area contributed by atoms with Crippen LogP contribution < -0.4 is 11.1 Å². The number of nitrogens with one attached hydrogen (secondary N) is 1. The Balaban J connectivity index is 1.69. The number of anilines is 1. The molecule has 3 rings (SSSR count). The highest BCUT2D eigenvalue weighted by atomic mass is 32.1. The van der Waals surface area contributed by atoms with Gasteiger partial charge in [-0.1, -0.05) is 36.5 Å². The number of hydrogen-bond donors (Lipinski definition) is 2. The molecule has 2 aromatic carbocycles. The highest BCUT2D eigenvalue weighted by Gasteiger charge is 2.20. The average molecular weight is 300 g/mol. The average Bonchev–Trinajstić information content (AvgIpc) is 3.30. The first-order chi connectivity index (χ1) is 10.3. The highest BCUT2D eigenvalue weighted by Crippen LogP contribution is 2.29. The summed E-state index contributed by atoms with van der Waals surface area (Å²) in [5.41, 5.74) is 7.82. The molecule has 1 aliphatic carbocycles. The number of benzene rings is 2. The first kappa shape index (κ1) is 14.3. The van der Waals surface area contributed by atoms with Crippen molar-refractivity contribution in [3.05, 3.63) is 42.0 Å². The third-order valence-electron chi connectivity index (χ3n) is 3.80. The highest BCUT2D eigenvalue weighted by molar-refractivity contribution is 7.80. The molecule has 1 saturated carbocycles. The molecule has 0 amide bonds. The van der Waals surface area contributed by atoms with Crippen LogP contribution in [0.5, 0.6) is 0 Å². The Morgan fingerprint density at radius 3 is 2.67 bits per heavy atom. The summed E-state index contributed by atoms with van der Waals surface area (Å²) in [7, 11) is 0. The van der Waals surface area contributed by atoms with Crippen LogP contribution in [0.2, 0.25) is 0 Å². The molecule has 2 aromatic rings. The lowest BCUT2D eigenvalue weighted by Crippen LogP contribution is -2.12. The second kappa shape index (κ2) is 6.41. The van der Waals surface area contributed by atoms with E-state index in [1.54, 1.807) is 0 Å². The van der Waals surface area contributed by atoms with E-state index in [1.807, 2.05) is 24.3 Å². The normalized spacial score (nSPS) is 14.3. The van der Waals surface area contributed by atoms with Crippen molar-refractivity contribution >= 4 is 33.7 Å². The van der Waals surface area contributed by atoms with Crippen molar-refractivity contribution in [3.63, 3.8) is 0 Å². The molecule has 0 bridgehead atoms. The third kappa shape index (κ3) is 3.52. The Kier molecular flexibility index (Phi) is 4.36. The van der Waals surface area contributed by atoms with Gasteiger partial charge in [0.1, 0.15) is 4.99 Å². The van der Waals surface area contributed by atoms with Gasteiger partial charge in [0.05, 0.1) is 6.61 Å². The largest absolute Gasteiger partial charge is 0.389 e. The molecule has 0 atom stereocenters. The smallest absolute Gasteiger partial charge is 0.104 e. The molecule has 0 saturated heterocycles. The van der Waals surface area contributed by atoms with Gasteiger partial charge in [-0.2, -0.15) is 0 Å². The number of rotatable bonds is 7. The van der Waals surface area contributed by atoms with Crippen LogP contribution in [0, 0.1) is 5.92 Å². The molecule has 4 heteroatoms. The summed E-state index contributed by atoms with van der Waals surface area (Å²) in [6.07, 6.45) is 2.66. The molecule has 0 aromatic heterocycles. The summed E-state index contributed by atoms with van der Waals surface area (Å²) >= 11 is 5.12. The summed E-state index contributed by atoms with van der Waals surface area (Å²) in [5, 5.41) is 5.67. The Morgan fingerprint density at radius 2 is 1.95 bits per heavy atom. The van der Waals surface area contributed by atoms with Gasteiger partial charge in [-0.3, -0.25) is 0 Å². The van der Waals surface area contributed by atoms with Gasteiger partial charge in [-0.15, -0.1) is 0 Å². The van der Waals surface area contributed by atoms with Gasteiger partial charge < -0.3 is 15.8 Å².